The van der Waals surface area contributed by atoms with E-state index in [1.807, 2.05) is 18.2 Å². The fraction of sp³-hybridized carbons (Fsp3) is 0.462. The predicted octanol–water partition coefficient (Wildman–Crippen LogP) is 2.10. The quantitative estimate of drug-likeness (QED) is 0.686. The van der Waals surface area contributed by atoms with Crippen molar-refractivity contribution in [1.29, 1.82) is 0 Å². The Morgan fingerprint density at radius 3 is 2.63 bits per heavy atom. The van der Waals surface area contributed by atoms with Crippen LogP contribution in [0.5, 0.6) is 0 Å². The van der Waals surface area contributed by atoms with E-state index in [4.69, 9.17) is 14.8 Å². The summed E-state index contributed by atoms with van der Waals surface area (Å²) in [6.07, 6.45) is 0. The van der Waals surface area contributed by atoms with Crippen LogP contribution in [-0.4, -0.2) is 23.2 Å². The number of anilines is 1. The SMILES string of the molecule is CC(C)(P)C(C)(C)O[B]c1ccc2oc(N)nc2c1. The first-order chi connectivity index (χ1) is 8.69. The van der Waals surface area contributed by atoms with Crippen LogP contribution in [0.4, 0.5) is 6.01 Å². The highest BCUT2D eigenvalue weighted by Gasteiger charge is 2.33. The third-order valence-corrected chi connectivity index (χ3v) is 4.16. The maximum Gasteiger partial charge on any atom is 0.330 e. The topological polar surface area (TPSA) is 61.3 Å². The van der Waals surface area contributed by atoms with E-state index in [0.29, 0.717) is 5.58 Å². The van der Waals surface area contributed by atoms with Crippen LogP contribution in [0.15, 0.2) is 22.6 Å². The summed E-state index contributed by atoms with van der Waals surface area (Å²) in [4.78, 5) is 4.10. The summed E-state index contributed by atoms with van der Waals surface area (Å²) < 4.78 is 11.1. The van der Waals surface area contributed by atoms with Gasteiger partial charge in [0.25, 0.3) is 6.01 Å². The number of fused-ring (bicyclic) bond motifs is 1. The zero-order chi connectivity index (χ0) is 14.3. The zero-order valence-corrected chi connectivity index (χ0v) is 12.9. The van der Waals surface area contributed by atoms with Gasteiger partial charge < -0.3 is 14.8 Å². The van der Waals surface area contributed by atoms with E-state index in [2.05, 4.69) is 41.9 Å². The lowest BCUT2D eigenvalue weighted by atomic mass is 9.84. The first-order valence-electron chi connectivity index (χ1n) is 6.15. The number of hydrogen-bond donors (Lipinski definition) is 1. The number of nitrogens with zero attached hydrogens (tertiary/aromatic N) is 1. The van der Waals surface area contributed by atoms with Crippen molar-refractivity contribution in [3.8, 4) is 0 Å². The maximum atomic E-state index is 5.90. The van der Waals surface area contributed by atoms with Crippen molar-refractivity contribution in [1.82, 2.24) is 4.98 Å². The van der Waals surface area contributed by atoms with Crippen LogP contribution < -0.4 is 11.2 Å². The van der Waals surface area contributed by atoms with E-state index in [1.165, 1.54) is 0 Å². The average molecular weight is 277 g/mol. The summed E-state index contributed by atoms with van der Waals surface area (Å²) in [6, 6.07) is 5.83. The first kappa shape index (κ1) is 14.4. The van der Waals surface area contributed by atoms with E-state index in [0.717, 1.165) is 11.0 Å². The monoisotopic (exact) mass is 277 g/mol. The summed E-state index contributed by atoms with van der Waals surface area (Å²) in [6.45, 7) is 8.35. The van der Waals surface area contributed by atoms with Crippen LogP contribution in [0.1, 0.15) is 27.7 Å². The van der Waals surface area contributed by atoms with Crippen molar-refractivity contribution in [2.45, 2.75) is 38.5 Å². The molecule has 4 nitrogen and oxygen atoms in total. The summed E-state index contributed by atoms with van der Waals surface area (Å²) in [5, 5.41) is -0.0358. The fourth-order valence-corrected chi connectivity index (χ4v) is 1.47. The Labute approximate surface area is 116 Å². The van der Waals surface area contributed by atoms with E-state index in [9.17, 15) is 0 Å². The molecule has 0 fully saturated rings. The smallest absolute Gasteiger partial charge is 0.330 e. The second-order valence-electron chi connectivity index (χ2n) is 5.75. The molecule has 19 heavy (non-hydrogen) atoms. The minimum Gasteiger partial charge on any atom is -0.429 e. The molecule has 0 saturated heterocycles. The number of aromatic nitrogens is 1. The van der Waals surface area contributed by atoms with E-state index in [-0.39, 0.29) is 16.8 Å². The maximum absolute atomic E-state index is 5.90. The van der Waals surface area contributed by atoms with Crippen molar-refractivity contribution >= 4 is 39.3 Å². The second-order valence-corrected chi connectivity index (χ2v) is 7.19. The number of rotatable bonds is 4. The average Bonchev–Trinajstić information content (AvgIpc) is 2.64. The lowest BCUT2D eigenvalue weighted by Crippen LogP contribution is -2.45. The van der Waals surface area contributed by atoms with E-state index >= 15 is 0 Å². The van der Waals surface area contributed by atoms with Crippen molar-refractivity contribution in [3.63, 3.8) is 0 Å². The van der Waals surface area contributed by atoms with Crippen LogP contribution in [0, 0.1) is 0 Å². The fourth-order valence-electron chi connectivity index (χ4n) is 1.40. The highest BCUT2D eigenvalue weighted by atomic mass is 31.0. The Kier molecular flexibility index (Phi) is 3.63. The van der Waals surface area contributed by atoms with E-state index in [1.54, 1.807) is 7.48 Å². The van der Waals surface area contributed by atoms with Crippen LogP contribution in [-0.2, 0) is 4.65 Å². The predicted molar refractivity (Wildman–Crippen MR) is 82.8 cm³/mol. The van der Waals surface area contributed by atoms with Gasteiger partial charge in [0, 0.05) is 5.16 Å². The molecule has 0 bridgehead atoms. The van der Waals surface area contributed by atoms with Crippen LogP contribution in [0.2, 0.25) is 0 Å². The van der Waals surface area contributed by atoms with Crippen molar-refractivity contribution in [2.75, 3.05) is 5.73 Å². The molecule has 1 radical (unpaired) electrons. The molecule has 1 unspecified atom stereocenters. The Balaban J connectivity index is 2.14. The molecule has 1 aromatic heterocycles. The highest BCUT2D eigenvalue weighted by Crippen LogP contribution is 2.33. The molecule has 2 rings (SSSR count). The molecule has 0 aliphatic carbocycles. The molecule has 0 aliphatic heterocycles. The zero-order valence-electron chi connectivity index (χ0n) is 11.7. The van der Waals surface area contributed by atoms with Gasteiger partial charge in [0.05, 0.1) is 5.60 Å². The van der Waals surface area contributed by atoms with Gasteiger partial charge in [-0.05, 0) is 26.0 Å². The van der Waals surface area contributed by atoms with Gasteiger partial charge in [-0.15, -0.1) is 9.24 Å². The summed E-state index contributed by atoms with van der Waals surface area (Å²) in [5.74, 6) is 0. The summed E-state index contributed by atoms with van der Waals surface area (Å²) in [7, 11) is 4.56. The van der Waals surface area contributed by atoms with Gasteiger partial charge in [0.15, 0.2) is 5.58 Å². The summed E-state index contributed by atoms with van der Waals surface area (Å²) >= 11 is 0. The Morgan fingerprint density at radius 1 is 1.32 bits per heavy atom. The second kappa shape index (κ2) is 4.80. The standard InChI is InChI=1S/C13H19BN2O2P/c1-12(2,13(3,4)19)18-14-8-5-6-10-9(7-8)16-11(15)17-10/h5-7H,19H2,1-4H3,(H2,15,16). The highest BCUT2D eigenvalue weighted by molar-refractivity contribution is 7.19. The molecule has 1 atom stereocenters. The minimum absolute atomic E-state index is 0.0358. The minimum atomic E-state index is -0.296. The molecular formula is C13H19BN2O2P. The number of oxazole rings is 1. The van der Waals surface area contributed by atoms with Crippen molar-refractivity contribution < 1.29 is 9.07 Å². The van der Waals surface area contributed by atoms with Crippen LogP contribution in [0.25, 0.3) is 11.1 Å². The van der Waals surface area contributed by atoms with Gasteiger partial charge in [0.1, 0.15) is 5.52 Å². The number of benzene rings is 1. The molecule has 0 spiro atoms. The molecule has 0 amide bonds. The van der Waals surface area contributed by atoms with Gasteiger partial charge in [-0.1, -0.05) is 25.4 Å². The normalized spacial score (nSPS) is 12.9. The summed E-state index contributed by atoms with van der Waals surface area (Å²) in [5.41, 5.74) is 7.57. The number of hydrogen-bond acceptors (Lipinski definition) is 4. The van der Waals surface area contributed by atoms with Crippen LogP contribution in [0.3, 0.4) is 0 Å². The molecule has 2 N–H and O–H groups in total. The molecule has 0 aliphatic rings. The van der Waals surface area contributed by atoms with Gasteiger partial charge >= 0.3 is 7.48 Å². The Morgan fingerprint density at radius 2 is 2.00 bits per heavy atom. The van der Waals surface area contributed by atoms with Gasteiger partial charge in [-0.3, -0.25) is 0 Å². The number of nitrogen functional groups attached to an aromatic ring is 1. The third kappa shape index (κ3) is 3.10. The molecule has 0 saturated carbocycles. The molecule has 1 aromatic carbocycles. The van der Waals surface area contributed by atoms with Gasteiger partial charge in [-0.25, -0.2) is 0 Å². The lowest BCUT2D eigenvalue weighted by Gasteiger charge is -2.39. The molecule has 101 valence electrons. The molecule has 2 aromatic rings. The molecular weight excluding hydrogens is 258 g/mol. The number of nitrogens with two attached hydrogens (primary N) is 1. The Bertz CT molecular complexity index is 590. The molecule has 1 heterocycles. The van der Waals surface area contributed by atoms with Gasteiger partial charge in [-0.2, -0.15) is 4.98 Å². The largest absolute Gasteiger partial charge is 0.429 e. The van der Waals surface area contributed by atoms with Crippen molar-refractivity contribution in [3.05, 3.63) is 18.2 Å². The lowest BCUT2D eigenvalue weighted by molar-refractivity contribution is 0.0841. The van der Waals surface area contributed by atoms with Crippen LogP contribution >= 0.6 is 9.24 Å². The van der Waals surface area contributed by atoms with Crippen molar-refractivity contribution in [2.24, 2.45) is 0 Å². The van der Waals surface area contributed by atoms with E-state index < -0.39 is 0 Å². The first-order valence-corrected chi connectivity index (χ1v) is 6.73. The molecule has 6 heteroatoms. The Hall–Kier alpha value is -1.06. The van der Waals surface area contributed by atoms with Gasteiger partial charge in [0.2, 0.25) is 0 Å². The third-order valence-electron chi connectivity index (χ3n) is 3.47.